The minimum atomic E-state index is -0.186. The minimum absolute atomic E-state index is 0.0813. The van der Waals surface area contributed by atoms with Gasteiger partial charge in [-0.25, -0.2) is 0 Å². The number of fused-ring (bicyclic) bond motifs is 5. The Balaban J connectivity index is 1.47. The van der Waals surface area contributed by atoms with Gasteiger partial charge in [-0.3, -0.25) is 4.79 Å². The van der Waals surface area contributed by atoms with Crippen molar-refractivity contribution in [2.24, 2.45) is 0 Å². The van der Waals surface area contributed by atoms with Gasteiger partial charge in [0.25, 0.3) is 0 Å². The molecule has 1 aromatic heterocycles. The lowest BCUT2D eigenvalue weighted by molar-refractivity contribution is -0.115. The van der Waals surface area contributed by atoms with Gasteiger partial charge in [0.05, 0.1) is 19.0 Å². The van der Waals surface area contributed by atoms with Crippen molar-refractivity contribution < 1.29 is 14.6 Å². The van der Waals surface area contributed by atoms with E-state index < -0.39 is 0 Å². The average Bonchev–Trinajstić information content (AvgIpc) is 3.15. The Morgan fingerprint density at radius 1 is 1.00 bits per heavy atom. The molecule has 0 aliphatic carbocycles. The van der Waals surface area contributed by atoms with Gasteiger partial charge < -0.3 is 20.1 Å². The first-order valence-corrected chi connectivity index (χ1v) is 10.1. The summed E-state index contributed by atoms with van der Waals surface area (Å²) in [5, 5.41) is 17.8. The van der Waals surface area contributed by atoms with E-state index in [1.165, 1.54) is 0 Å². The molecule has 0 saturated heterocycles. The van der Waals surface area contributed by atoms with Crippen LogP contribution in [0.1, 0.15) is 11.1 Å². The molecule has 0 atom stereocenters. The molecule has 0 aliphatic rings. The number of carbonyl (C=O) groups excluding carboxylic acids is 1. The number of rotatable bonds is 4. The van der Waals surface area contributed by atoms with Crippen LogP contribution in [0, 0.1) is 6.92 Å². The van der Waals surface area contributed by atoms with Crippen LogP contribution >= 0.6 is 0 Å². The molecule has 4 aromatic carbocycles. The fourth-order valence-corrected chi connectivity index (χ4v) is 4.14. The summed E-state index contributed by atoms with van der Waals surface area (Å²) in [5.41, 5.74) is 4.27. The number of hydrogen-bond donors (Lipinski definition) is 3. The van der Waals surface area contributed by atoms with Crippen LogP contribution in [0.2, 0.25) is 0 Å². The number of anilines is 1. The smallest absolute Gasteiger partial charge is 0.228 e. The van der Waals surface area contributed by atoms with E-state index in [0.717, 1.165) is 49.6 Å². The normalized spacial score (nSPS) is 11.3. The number of amides is 1. The number of hydrogen-bond acceptors (Lipinski definition) is 3. The number of methoxy groups -OCH3 is 1. The molecular weight excluding hydrogens is 388 g/mol. The SMILES string of the molecule is COc1ccc(NC(=O)Cc2cc3ccc4c5ccccc5[nH]c4c3cc2O)c(C)c1. The van der Waals surface area contributed by atoms with Gasteiger partial charge in [0.1, 0.15) is 11.5 Å². The van der Waals surface area contributed by atoms with Crippen LogP contribution in [0.4, 0.5) is 5.69 Å². The number of phenolic OH excluding ortho intramolecular Hbond substituents is 1. The number of carbonyl (C=O) groups is 1. The van der Waals surface area contributed by atoms with Gasteiger partial charge in [0, 0.05) is 32.9 Å². The first-order chi connectivity index (χ1) is 15.0. The number of ether oxygens (including phenoxy) is 1. The molecule has 5 rings (SSSR count). The highest BCUT2D eigenvalue weighted by molar-refractivity contribution is 6.17. The molecular formula is C26H22N2O3. The van der Waals surface area contributed by atoms with Crippen LogP contribution in [0.5, 0.6) is 11.5 Å². The third kappa shape index (κ3) is 3.34. The van der Waals surface area contributed by atoms with Crippen molar-refractivity contribution in [2.45, 2.75) is 13.3 Å². The van der Waals surface area contributed by atoms with Gasteiger partial charge in [0.15, 0.2) is 0 Å². The summed E-state index contributed by atoms with van der Waals surface area (Å²) in [7, 11) is 1.61. The van der Waals surface area contributed by atoms with Crippen LogP contribution in [-0.4, -0.2) is 23.1 Å². The topological polar surface area (TPSA) is 74.3 Å². The molecule has 1 heterocycles. The van der Waals surface area contributed by atoms with Crippen molar-refractivity contribution in [1.29, 1.82) is 0 Å². The average molecular weight is 410 g/mol. The number of phenols is 1. The van der Waals surface area contributed by atoms with Crippen molar-refractivity contribution in [3.63, 3.8) is 0 Å². The van der Waals surface area contributed by atoms with Crippen molar-refractivity contribution in [3.8, 4) is 11.5 Å². The number of benzene rings is 4. The van der Waals surface area contributed by atoms with E-state index in [-0.39, 0.29) is 18.1 Å². The monoisotopic (exact) mass is 410 g/mol. The molecule has 3 N–H and O–H groups in total. The van der Waals surface area contributed by atoms with Crippen LogP contribution in [-0.2, 0) is 11.2 Å². The number of H-pyrrole nitrogens is 1. The molecule has 1 amide bonds. The van der Waals surface area contributed by atoms with Gasteiger partial charge in [-0.2, -0.15) is 0 Å². The minimum Gasteiger partial charge on any atom is -0.508 e. The maximum Gasteiger partial charge on any atom is 0.228 e. The van der Waals surface area contributed by atoms with Crippen molar-refractivity contribution in [3.05, 3.63) is 77.9 Å². The third-order valence-corrected chi connectivity index (χ3v) is 5.75. The lowest BCUT2D eigenvalue weighted by atomic mass is 10.0. The summed E-state index contributed by atoms with van der Waals surface area (Å²) in [6.45, 7) is 1.91. The Morgan fingerprint density at radius 2 is 1.84 bits per heavy atom. The molecule has 0 aliphatic heterocycles. The molecule has 31 heavy (non-hydrogen) atoms. The van der Waals surface area contributed by atoms with Crippen molar-refractivity contribution in [1.82, 2.24) is 4.98 Å². The summed E-state index contributed by atoms with van der Waals surface area (Å²) in [4.78, 5) is 16.1. The molecule has 154 valence electrons. The largest absolute Gasteiger partial charge is 0.508 e. The Kier molecular flexibility index (Phi) is 4.51. The summed E-state index contributed by atoms with van der Waals surface area (Å²) in [6.07, 6.45) is 0.0813. The molecule has 5 nitrogen and oxygen atoms in total. The van der Waals surface area contributed by atoms with E-state index in [9.17, 15) is 9.90 Å². The molecule has 0 bridgehead atoms. The van der Waals surface area contributed by atoms with Crippen LogP contribution in [0.3, 0.4) is 0 Å². The second-order valence-electron chi connectivity index (χ2n) is 7.77. The van der Waals surface area contributed by atoms with Crippen LogP contribution in [0.15, 0.2) is 66.7 Å². The first kappa shape index (κ1) is 19.0. The first-order valence-electron chi connectivity index (χ1n) is 10.1. The molecule has 0 spiro atoms. The predicted molar refractivity (Wildman–Crippen MR) is 125 cm³/mol. The van der Waals surface area contributed by atoms with Gasteiger partial charge in [0.2, 0.25) is 5.91 Å². The molecule has 0 radical (unpaired) electrons. The zero-order valence-electron chi connectivity index (χ0n) is 17.3. The van der Waals surface area contributed by atoms with Crippen molar-refractivity contribution >= 4 is 44.2 Å². The van der Waals surface area contributed by atoms with Gasteiger partial charge in [-0.05, 0) is 54.3 Å². The highest BCUT2D eigenvalue weighted by Gasteiger charge is 2.14. The Bertz CT molecular complexity index is 1470. The van der Waals surface area contributed by atoms with Gasteiger partial charge >= 0.3 is 0 Å². The molecule has 5 heteroatoms. The van der Waals surface area contributed by atoms with Crippen LogP contribution < -0.4 is 10.1 Å². The third-order valence-electron chi connectivity index (χ3n) is 5.75. The maximum atomic E-state index is 12.6. The fraction of sp³-hybridized carbons (Fsp3) is 0.115. The summed E-state index contributed by atoms with van der Waals surface area (Å²) in [6, 6.07) is 21.4. The van der Waals surface area contributed by atoms with E-state index in [0.29, 0.717) is 5.56 Å². The Morgan fingerprint density at radius 3 is 2.65 bits per heavy atom. The zero-order chi connectivity index (χ0) is 21.5. The number of aromatic hydroxyl groups is 1. The number of aromatic amines is 1. The molecule has 0 saturated carbocycles. The molecule has 0 unspecified atom stereocenters. The van der Waals surface area contributed by atoms with E-state index in [1.807, 2.05) is 55.5 Å². The van der Waals surface area contributed by atoms with E-state index >= 15 is 0 Å². The van der Waals surface area contributed by atoms with Gasteiger partial charge in [-0.15, -0.1) is 0 Å². The maximum absolute atomic E-state index is 12.6. The fourth-order valence-electron chi connectivity index (χ4n) is 4.14. The van der Waals surface area contributed by atoms with E-state index in [4.69, 9.17) is 4.74 Å². The van der Waals surface area contributed by atoms with E-state index in [2.05, 4.69) is 22.4 Å². The van der Waals surface area contributed by atoms with Crippen molar-refractivity contribution in [2.75, 3.05) is 12.4 Å². The summed E-state index contributed by atoms with van der Waals surface area (Å²) >= 11 is 0. The van der Waals surface area contributed by atoms with Gasteiger partial charge in [-0.1, -0.05) is 30.3 Å². The quantitative estimate of drug-likeness (QED) is 0.357. The number of para-hydroxylation sites is 1. The summed E-state index contributed by atoms with van der Waals surface area (Å²) < 4.78 is 5.21. The predicted octanol–water partition coefficient (Wildman–Crippen LogP) is 5.68. The van der Waals surface area contributed by atoms with E-state index in [1.54, 1.807) is 13.2 Å². The zero-order valence-corrected chi connectivity index (χ0v) is 17.3. The number of aryl methyl sites for hydroxylation is 1. The highest BCUT2D eigenvalue weighted by Crippen LogP contribution is 2.34. The standard InChI is InChI=1S/C26H22N2O3/c1-15-11-18(31-2)8-10-22(15)27-25(30)13-17-12-16-7-9-20-19-5-3-4-6-23(19)28-26(20)21(16)14-24(17)29/h3-12,14,28-29H,13H2,1-2H3,(H,27,30). The second-order valence-corrected chi connectivity index (χ2v) is 7.77. The number of aromatic nitrogens is 1. The Hall–Kier alpha value is -3.99. The lowest BCUT2D eigenvalue weighted by Crippen LogP contribution is -2.15. The number of nitrogens with one attached hydrogen (secondary N) is 2. The Labute approximate surface area is 179 Å². The summed E-state index contributed by atoms with van der Waals surface area (Å²) in [5.74, 6) is 0.667. The highest BCUT2D eigenvalue weighted by atomic mass is 16.5. The molecule has 5 aromatic rings. The lowest BCUT2D eigenvalue weighted by Gasteiger charge is -2.11. The van der Waals surface area contributed by atoms with Crippen LogP contribution in [0.25, 0.3) is 32.6 Å². The molecule has 0 fully saturated rings. The second kappa shape index (κ2) is 7.36.